The molecule has 0 amide bonds. The van der Waals surface area contributed by atoms with Crippen LogP contribution in [0.2, 0.25) is 0 Å². The lowest BCUT2D eigenvalue weighted by molar-refractivity contribution is -0.151. The van der Waals surface area contributed by atoms with Gasteiger partial charge in [0.25, 0.3) is 0 Å². The number of likely N-dealkylation sites (tertiary alicyclic amines) is 1. The van der Waals surface area contributed by atoms with Crippen molar-refractivity contribution in [2.24, 2.45) is 17.3 Å². The highest BCUT2D eigenvalue weighted by molar-refractivity contribution is 5.75. The third-order valence-corrected chi connectivity index (χ3v) is 4.47. The molecule has 1 saturated carbocycles. The minimum Gasteiger partial charge on any atom is -0.481 e. The van der Waals surface area contributed by atoms with Crippen LogP contribution in [0, 0.1) is 17.3 Å². The molecule has 0 bridgehead atoms. The van der Waals surface area contributed by atoms with E-state index in [9.17, 15) is 9.90 Å². The van der Waals surface area contributed by atoms with Crippen LogP contribution in [0.3, 0.4) is 0 Å². The van der Waals surface area contributed by atoms with Crippen molar-refractivity contribution in [2.75, 3.05) is 19.6 Å². The number of carbonyl (C=O) groups is 1. The average Bonchev–Trinajstić information content (AvgIpc) is 2.59. The van der Waals surface area contributed by atoms with Gasteiger partial charge in [0.05, 0.1) is 5.41 Å². The Morgan fingerprint density at radius 3 is 2.38 bits per heavy atom. The van der Waals surface area contributed by atoms with Crippen LogP contribution in [0.4, 0.5) is 0 Å². The Morgan fingerprint density at radius 1 is 1.38 bits per heavy atom. The molecule has 2 aliphatic rings. The van der Waals surface area contributed by atoms with E-state index in [1.165, 1.54) is 0 Å². The fourth-order valence-corrected chi connectivity index (χ4v) is 3.08. The molecule has 0 atom stereocenters. The van der Waals surface area contributed by atoms with E-state index in [1.807, 2.05) is 0 Å². The van der Waals surface area contributed by atoms with Gasteiger partial charge in [-0.1, -0.05) is 26.7 Å². The summed E-state index contributed by atoms with van der Waals surface area (Å²) in [4.78, 5) is 13.7. The summed E-state index contributed by atoms with van der Waals surface area (Å²) in [7, 11) is 0. The van der Waals surface area contributed by atoms with Gasteiger partial charge in [-0.15, -0.1) is 0 Å². The second-order valence-electron chi connectivity index (χ2n) is 5.99. The summed E-state index contributed by atoms with van der Waals surface area (Å²) in [5.74, 6) is 0.950. The maximum atomic E-state index is 11.4. The zero-order chi connectivity index (χ0) is 11.8. The summed E-state index contributed by atoms with van der Waals surface area (Å²) < 4.78 is 0. The minimum atomic E-state index is -0.571. The first-order valence-corrected chi connectivity index (χ1v) is 6.49. The normalized spacial score (nSPS) is 25.9. The molecular weight excluding hydrogens is 202 g/mol. The topological polar surface area (TPSA) is 40.5 Å². The molecule has 2 rings (SSSR count). The largest absolute Gasteiger partial charge is 0.481 e. The van der Waals surface area contributed by atoms with E-state index in [4.69, 9.17) is 0 Å². The average molecular weight is 225 g/mol. The smallest absolute Gasteiger partial charge is 0.310 e. The van der Waals surface area contributed by atoms with Crippen LogP contribution in [0.5, 0.6) is 0 Å². The molecule has 1 aliphatic heterocycles. The number of rotatable bonds is 4. The SMILES string of the molecule is CC(C)C1CN(CC2(C(=O)O)CCCC2)C1. The fraction of sp³-hybridized carbons (Fsp3) is 0.923. The number of carboxylic acids is 1. The second kappa shape index (κ2) is 4.36. The lowest BCUT2D eigenvalue weighted by Gasteiger charge is -2.45. The van der Waals surface area contributed by atoms with E-state index in [0.717, 1.165) is 57.2 Å². The summed E-state index contributed by atoms with van der Waals surface area (Å²) in [5, 5.41) is 9.38. The predicted molar refractivity (Wildman–Crippen MR) is 63.3 cm³/mol. The van der Waals surface area contributed by atoms with E-state index >= 15 is 0 Å². The zero-order valence-corrected chi connectivity index (χ0v) is 10.4. The van der Waals surface area contributed by atoms with Crippen LogP contribution >= 0.6 is 0 Å². The lowest BCUT2D eigenvalue weighted by atomic mass is 9.81. The lowest BCUT2D eigenvalue weighted by Crippen LogP contribution is -2.54. The summed E-state index contributed by atoms with van der Waals surface area (Å²) in [6.07, 6.45) is 3.94. The van der Waals surface area contributed by atoms with E-state index in [1.54, 1.807) is 0 Å². The molecule has 1 heterocycles. The number of hydrogen-bond donors (Lipinski definition) is 1. The Morgan fingerprint density at radius 2 is 1.94 bits per heavy atom. The van der Waals surface area contributed by atoms with Gasteiger partial charge in [0.15, 0.2) is 0 Å². The quantitative estimate of drug-likeness (QED) is 0.797. The van der Waals surface area contributed by atoms with Crippen LogP contribution in [0.25, 0.3) is 0 Å². The molecule has 1 N–H and O–H groups in total. The van der Waals surface area contributed by atoms with Gasteiger partial charge in [-0.25, -0.2) is 0 Å². The van der Waals surface area contributed by atoms with Gasteiger partial charge in [-0.3, -0.25) is 4.79 Å². The monoisotopic (exact) mass is 225 g/mol. The third kappa shape index (κ3) is 2.10. The van der Waals surface area contributed by atoms with E-state index in [-0.39, 0.29) is 0 Å². The highest BCUT2D eigenvalue weighted by Crippen LogP contribution is 2.40. The molecule has 0 radical (unpaired) electrons. The van der Waals surface area contributed by atoms with Crippen molar-refractivity contribution in [1.29, 1.82) is 0 Å². The second-order valence-corrected chi connectivity index (χ2v) is 5.99. The predicted octanol–water partition coefficient (Wildman–Crippen LogP) is 2.22. The van der Waals surface area contributed by atoms with E-state index in [2.05, 4.69) is 18.7 Å². The third-order valence-electron chi connectivity index (χ3n) is 4.47. The van der Waals surface area contributed by atoms with Gasteiger partial charge in [-0.2, -0.15) is 0 Å². The van der Waals surface area contributed by atoms with Crippen LogP contribution in [0.15, 0.2) is 0 Å². The Bertz CT molecular complexity index is 263. The number of carboxylic acid groups (broad SMARTS) is 1. The van der Waals surface area contributed by atoms with Crippen molar-refractivity contribution in [3.63, 3.8) is 0 Å². The van der Waals surface area contributed by atoms with Crippen molar-refractivity contribution < 1.29 is 9.90 Å². The van der Waals surface area contributed by atoms with Crippen molar-refractivity contribution in [1.82, 2.24) is 4.90 Å². The van der Waals surface area contributed by atoms with Gasteiger partial charge < -0.3 is 10.0 Å². The fourth-order valence-electron chi connectivity index (χ4n) is 3.08. The molecule has 1 aliphatic carbocycles. The molecule has 0 aromatic carbocycles. The van der Waals surface area contributed by atoms with Gasteiger partial charge >= 0.3 is 5.97 Å². The van der Waals surface area contributed by atoms with E-state index < -0.39 is 11.4 Å². The Kier molecular flexibility index (Phi) is 3.24. The maximum absolute atomic E-state index is 11.4. The molecule has 0 aromatic heterocycles. The summed E-state index contributed by atoms with van der Waals surface area (Å²) in [5.41, 5.74) is -0.415. The Labute approximate surface area is 97.8 Å². The van der Waals surface area contributed by atoms with Crippen LogP contribution in [-0.2, 0) is 4.79 Å². The van der Waals surface area contributed by atoms with Gasteiger partial charge in [0, 0.05) is 19.6 Å². The summed E-state index contributed by atoms with van der Waals surface area (Å²) >= 11 is 0. The highest BCUT2D eigenvalue weighted by atomic mass is 16.4. The van der Waals surface area contributed by atoms with Crippen molar-refractivity contribution in [3.05, 3.63) is 0 Å². The molecule has 0 spiro atoms. The zero-order valence-electron chi connectivity index (χ0n) is 10.4. The van der Waals surface area contributed by atoms with Crippen molar-refractivity contribution in [2.45, 2.75) is 39.5 Å². The standard InChI is InChI=1S/C13H23NO2/c1-10(2)11-7-14(8-11)9-13(12(15)16)5-3-4-6-13/h10-11H,3-9H2,1-2H3,(H,15,16). The first kappa shape index (κ1) is 11.9. The molecule has 92 valence electrons. The van der Waals surface area contributed by atoms with Crippen molar-refractivity contribution >= 4 is 5.97 Å². The van der Waals surface area contributed by atoms with Crippen LogP contribution in [-0.4, -0.2) is 35.6 Å². The molecule has 0 unspecified atom stereocenters. The van der Waals surface area contributed by atoms with Crippen LogP contribution in [0.1, 0.15) is 39.5 Å². The summed E-state index contributed by atoms with van der Waals surface area (Å²) in [6, 6.07) is 0. The molecule has 1 saturated heterocycles. The minimum absolute atomic E-state index is 0.415. The van der Waals surface area contributed by atoms with Gasteiger partial charge in [0.2, 0.25) is 0 Å². The molecule has 2 fully saturated rings. The van der Waals surface area contributed by atoms with Crippen molar-refractivity contribution in [3.8, 4) is 0 Å². The van der Waals surface area contributed by atoms with E-state index in [0.29, 0.717) is 0 Å². The number of nitrogens with zero attached hydrogens (tertiary/aromatic N) is 1. The molecular formula is C13H23NO2. The Balaban J connectivity index is 1.87. The first-order chi connectivity index (χ1) is 7.53. The number of hydrogen-bond acceptors (Lipinski definition) is 2. The Hall–Kier alpha value is -0.570. The summed E-state index contributed by atoms with van der Waals surface area (Å²) in [6.45, 7) is 7.50. The molecule has 16 heavy (non-hydrogen) atoms. The maximum Gasteiger partial charge on any atom is 0.310 e. The van der Waals surface area contributed by atoms with Gasteiger partial charge in [0.1, 0.15) is 0 Å². The molecule has 0 aromatic rings. The number of aliphatic carboxylic acids is 1. The highest BCUT2D eigenvalue weighted by Gasteiger charge is 2.44. The first-order valence-electron chi connectivity index (χ1n) is 6.49. The van der Waals surface area contributed by atoms with Crippen LogP contribution < -0.4 is 0 Å². The molecule has 3 heteroatoms. The van der Waals surface area contributed by atoms with Gasteiger partial charge in [-0.05, 0) is 24.7 Å². The molecule has 3 nitrogen and oxygen atoms in total.